The molecule has 276 valence electrons. The number of pyridine rings is 2. The number of piperidine rings is 1. The number of carbonyl (C=O) groups is 3. The van der Waals surface area contributed by atoms with E-state index in [9.17, 15) is 24.5 Å². The standard InChI is InChI=1S/C36H43FN8O5S2/c1-36(2)32(25-4-3-12-38-21-25)33(36)34(47)41-26-6-5-24(29(37)20-26)22-40-35(48)44-13-9-27(10-14-44)42-15-17-43(18-16-42)31(46)11-19-51-52-30-8-7-28(23-39-30)45(49)50/h3-8,12,20-21,23,27,32-33H,9-11,13-19,22H2,1-2H3,(H,40,48)(H,41,47). The predicted octanol–water partition coefficient (Wildman–Crippen LogP) is 5.55. The molecule has 1 aliphatic carbocycles. The fraction of sp³-hybridized carbons (Fsp3) is 0.472. The Kier molecular flexibility index (Phi) is 12.0. The molecule has 1 saturated carbocycles. The maximum atomic E-state index is 15.0. The van der Waals surface area contributed by atoms with Crippen molar-refractivity contribution in [3.05, 3.63) is 88.1 Å². The molecule has 0 bridgehead atoms. The summed E-state index contributed by atoms with van der Waals surface area (Å²) in [7, 11) is 2.90. The molecule has 13 nitrogen and oxygen atoms in total. The number of benzene rings is 1. The van der Waals surface area contributed by atoms with E-state index in [0.717, 1.165) is 31.5 Å². The Morgan fingerprint density at radius 2 is 1.79 bits per heavy atom. The molecular weight excluding hydrogens is 708 g/mol. The van der Waals surface area contributed by atoms with E-state index in [1.54, 1.807) is 35.5 Å². The van der Waals surface area contributed by atoms with Crippen molar-refractivity contribution in [3.8, 4) is 0 Å². The molecule has 0 spiro atoms. The number of likely N-dealkylation sites (tertiary alicyclic amines) is 1. The summed E-state index contributed by atoms with van der Waals surface area (Å²) in [5.41, 5.74) is 1.46. The fourth-order valence-electron chi connectivity index (χ4n) is 7.27. The van der Waals surface area contributed by atoms with E-state index >= 15 is 4.39 Å². The van der Waals surface area contributed by atoms with Gasteiger partial charge in [-0.1, -0.05) is 36.8 Å². The second-order valence-electron chi connectivity index (χ2n) is 13.9. The summed E-state index contributed by atoms with van der Waals surface area (Å²) in [6, 6.07) is 11.5. The van der Waals surface area contributed by atoms with Crippen LogP contribution >= 0.6 is 21.6 Å². The molecule has 4 amide bonds. The SMILES string of the molecule is CC1(C)C(C(=O)Nc2ccc(CNC(=O)N3CCC(N4CCN(C(=O)CCSSc5ccc([N+](=O)[O-])cn5)CC4)CC3)c(F)c2)C1c1cccnc1. The predicted molar refractivity (Wildman–Crippen MR) is 198 cm³/mol. The number of hydrogen-bond donors (Lipinski definition) is 2. The first-order chi connectivity index (χ1) is 25.0. The molecule has 3 fully saturated rings. The van der Waals surface area contributed by atoms with E-state index in [0.29, 0.717) is 60.7 Å². The number of carbonyl (C=O) groups excluding carboxylic acids is 3. The fourth-order valence-corrected chi connectivity index (χ4v) is 9.11. The van der Waals surface area contributed by atoms with Gasteiger partial charge < -0.3 is 20.4 Å². The third-order valence-corrected chi connectivity index (χ3v) is 12.6. The van der Waals surface area contributed by atoms with Gasteiger partial charge in [-0.2, -0.15) is 0 Å². The zero-order valence-electron chi connectivity index (χ0n) is 29.2. The van der Waals surface area contributed by atoms with Crippen LogP contribution in [-0.2, 0) is 16.1 Å². The van der Waals surface area contributed by atoms with Gasteiger partial charge in [0.25, 0.3) is 5.69 Å². The van der Waals surface area contributed by atoms with Gasteiger partial charge in [0.15, 0.2) is 0 Å². The van der Waals surface area contributed by atoms with Crippen LogP contribution in [0, 0.1) is 27.3 Å². The average Bonchev–Trinajstić information content (AvgIpc) is 3.75. The van der Waals surface area contributed by atoms with Crippen molar-refractivity contribution < 1.29 is 23.7 Å². The van der Waals surface area contributed by atoms with Crippen molar-refractivity contribution in [1.29, 1.82) is 0 Å². The number of piperazine rings is 1. The summed E-state index contributed by atoms with van der Waals surface area (Å²) in [6.07, 6.45) is 6.79. The molecule has 2 N–H and O–H groups in total. The molecule has 16 heteroatoms. The van der Waals surface area contributed by atoms with Gasteiger partial charge >= 0.3 is 6.03 Å². The largest absolute Gasteiger partial charge is 0.340 e. The second-order valence-corrected chi connectivity index (χ2v) is 16.4. The molecule has 3 aromatic rings. The zero-order valence-corrected chi connectivity index (χ0v) is 30.8. The summed E-state index contributed by atoms with van der Waals surface area (Å²) in [5, 5.41) is 17.1. The van der Waals surface area contributed by atoms with Crippen LogP contribution in [0.15, 0.2) is 66.1 Å². The highest BCUT2D eigenvalue weighted by molar-refractivity contribution is 8.76. The van der Waals surface area contributed by atoms with Gasteiger partial charge in [0, 0.05) is 99.7 Å². The van der Waals surface area contributed by atoms with Crippen LogP contribution in [0.25, 0.3) is 0 Å². The lowest BCUT2D eigenvalue weighted by Gasteiger charge is -2.42. The van der Waals surface area contributed by atoms with E-state index < -0.39 is 10.7 Å². The van der Waals surface area contributed by atoms with Crippen LogP contribution in [0.1, 0.15) is 50.2 Å². The van der Waals surface area contributed by atoms with E-state index in [-0.39, 0.29) is 47.3 Å². The van der Waals surface area contributed by atoms with Crippen LogP contribution < -0.4 is 10.6 Å². The second kappa shape index (κ2) is 16.6. The van der Waals surface area contributed by atoms with E-state index in [4.69, 9.17) is 0 Å². The third-order valence-electron chi connectivity index (χ3n) is 10.3. The summed E-state index contributed by atoms with van der Waals surface area (Å²) < 4.78 is 15.0. The first-order valence-electron chi connectivity index (χ1n) is 17.4. The maximum absolute atomic E-state index is 15.0. The van der Waals surface area contributed by atoms with Gasteiger partial charge in [0.2, 0.25) is 11.8 Å². The van der Waals surface area contributed by atoms with Crippen LogP contribution in [-0.4, -0.2) is 98.5 Å². The Bertz CT molecular complexity index is 1750. The normalized spacial score (nSPS) is 20.3. The summed E-state index contributed by atoms with van der Waals surface area (Å²) in [6.45, 7) is 8.24. The van der Waals surface area contributed by atoms with Gasteiger partial charge in [0.1, 0.15) is 17.0 Å². The highest BCUT2D eigenvalue weighted by Gasteiger charge is 2.62. The molecule has 3 aliphatic rings. The Morgan fingerprint density at radius 1 is 1.02 bits per heavy atom. The van der Waals surface area contributed by atoms with E-state index in [2.05, 4.69) is 25.5 Å². The lowest BCUT2D eigenvalue weighted by Crippen LogP contribution is -2.55. The Hall–Kier alpha value is -4.28. The van der Waals surface area contributed by atoms with Crippen LogP contribution in [0.5, 0.6) is 0 Å². The summed E-state index contributed by atoms with van der Waals surface area (Å²) in [5.74, 6) is -0.101. The van der Waals surface area contributed by atoms with Crippen molar-refractivity contribution in [1.82, 2.24) is 30.0 Å². The Labute approximate surface area is 310 Å². The van der Waals surface area contributed by atoms with Crippen molar-refractivity contribution in [2.24, 2.45) is 11.3 Å². The molecule has 2 aliphatic heterocycles. The Balaban J connectivity index is 0.867. The minimum atomic E-state index is -0.495. The zero-order chi connectivity index (χ0) is 36.8. The number of hydrogen-bond acceptors (Lipinski definition) is 10. The number of rotatable bonds is 12. The minimum Gasteiger partial charge on any atom is -0.340 e. The average molecular weight is 751 g/mol. The van der Waals surface area contributed by atoms with Gasteiger partial charge in [-0.15, -0.1) is 0 Å². The van der Waals surface area contributed by atoms with E-state index in [1.807, 2.05) is 30.9 Å². The van der Waals surface area contributed by atoms with Gasteiger partial charge in [-0.3, -0.25) is 29.6 Å². The number of aromatic nitrogens is 2. The number of amides is 4. The van der Waals surface area contributed by atoms with Gasteiger partial charge in [-0.05, 0) is 58.9 Å². The molecule has 2 aromatic heterocycles. The van der Waals surface area contributed by atoms with Gasteiger partial charge in [-0.25, -0.2) is 14.2 Å². The maximum Gasteiger partial charge on any atom is 0.317 e. The number of nitro groups is 1. The quantitative estimate of drug-likeness (QED) is 0.104. The molecule has 2 unspecified atom stereocenters. The first kappa shape index (κ1) is 37.5. The van der Waals surface area contributed by atoms with Crippen molar-refractivity contribution in [2.75, 3.05) is 50.3 Å². The van der Waals surface area contributed by atoms with Crippen LogP contribution in [0.2, 0.25) is 0 Å². The van der Waals surface area contributed by atoms with E-state index in [1.165, 1.54) is 39.9 Å². The molecule has 2 atom stereocenters. The first-order valence-corrected chi connectivity index (χ1v) is 19.8. The number of anilines is 1. The monoisotopic (exact) mass is 750 g/mol. The topological polar surface area (TPSA) is 154 Å². The van der Waals surface area contributed by atoms with Crippen molar-refractivity contribution in [2.45, 2.75) is 56.6 Å². The molecule has 52 heavy (non-hydrogen) atoms. The van der Waals surface area contributed by atoms with Crippen molar-refractivity contribution >= 4 is 50.8 Å². The highest BCUT2D eigenvalue weighted by Crippen LogP contribution is 2.64. The molecule has 0 radical (unpaired) electrons. The number of urea groups is 1. The number of nitrogens with zero attached hydrogens (tertiary/aromatic N) is 6. The summed E-state index contributed by atoms with van der Waals surface area (Å²) >= 11 is 0. The molecule has 6 rings (SSSR count). The van der Waals surface area contributed by atoms with Crippen LogP contribution in [0.3, 0.4) is 0 Å². The molecular formula is C36H43FN8O5S2. The lowest BCUT2D eigenvalue weighted by atomic mass is 10.0. The van der Waals surface area contributed by atoms with Gasteiger partial charge in [0.05, 0.1) is 10.8 Å². The minimum absolute atomic E-state index is 0.0404. The third kappa shape index (κ3) is 9.01. The molecule has 2 saturated heterocycles. The smallest absolute Gasteiger partial charge is 0.317 e. The van der Waals surface area contributed by atoms with Crippen molar-refractivity contribution in [3.63, 3.8) is 0 Å². The Morgan fingerprint density at radius 3 is 2.44 bits per heavy atom. The number of halogens is 1. The van der Waals surface area contributed by atoms with Crippen LogP contribution in [0.4, 0.5) is 20.6 Å². The lowest BCUT2D eigenvalue weighted by molar-refractivity contribution is -0.385. The summed E-state index contributed by atoms with van der Waals surface area (Å²) in [4.78, 5) is 63.4. The highest BCUT2D eigenvalue weighted by atomic mass is 33.1. The molecule has 4 heterocycles. The number of nitrogens with one attached hydrogen (secondary N) is 2. The molecule has 1 aromatic carbocycles.